The van der Waals surface area contributed by atoms with Crippen molar-refractivity contribution in [2.24, 2.45) is 5.84 Å². The number of hydrazine groups is 1. The van der Waals surface area contributed by atoms with Gasteiger partial charge in [-0.05, 0) is 38.2 Å². The fourth-order valence-corrected chi connectivity index (χ4v) is 2.67. The minimum atomic E-state index is -0.345. The predicted octanol–water partition coefficient (Wildman–Crippen LogP) is 2.69. The van der Waals surface area contributed by atoms with Crippen LogP contribution in [0.1, 0.15) is 43.7 Å². The molecule has 1 heterocycles. The number of hydrogen-bond donors (Lipinski definition) is 2. The average molecular weight is 282 g/mol. The van der Waals surface area contributed by atoms with Crippen LogP contribution in [0.25, 0.3) is 0 Å². The van der Waals surface area contributed by atoms with Crippen molar-refractivity contribution in [1.29, 1.82) is 0 Å². The van der Waals surface area contributed by atoms with Crippen LogP contribution in [0.3, 0.4) is 0 Å². The van der Waals surface area contributed by atoms with Crippen LogP contribution in [-0.4, -0.2) is 19.8 Å². The van der Waals surface area contributed by atoms with Crippen molar-refractivity contribution in [3.63, 3.8) is 0 Å². The second kappa shape index (κ2) is 7.57. The number of nitrogens with two attached hydrogens (primary N) is 1. The number of hydrogen-bond acceptors (Lipinski definition) is 4. The highest BCUT2D eigenvalue weighted by molar-refractivity contribution is 5.33. The molecule has 1 aromatic rings. The summed E-state index contributed by atoms with van der Waals surface area (Å²) in [7, 11) is 1.46. The Morgan fingerprint density at radius 3 is 3.00 bits per heavy atom. The second-order valence-corrected chi connectivity index (χ2v) is 5.15. The molecular weight excluding hydrogens is 259 g/mol. The van der Waals surface area contributed by atoms with E-state index >= 15 is 0 Å². The zero-order valence-electron chi connectivity index (χ0n) is 11.9. The number of ether oxygens (including phenoxy) is 2. The first kappa shape index (κ1) is 15.2. The van der Waals surface area contributed by atoms with E-state index in [2.05, 4.69) is 5.43 Å². The third-order valence-electron chi connectivity index (χ3n) is 3.84. The summed E-state index contributed by atoms with van der Waals surface area (Å²) in [5.41, 5.74) is 3.24. The molecule has 5 heteroatoms. The molecule has 1 fully saturated rings. The lowest BCUT2D eigenvalue weighted by molar-refractivity contribution is 0.00848. The lowest BCUT2D eigenvalue weighted by Gasteiger charge is -2.25. The summed E-state index contributed by atoms with van der Waals surface area (Å²) in [5.74, 6) is 5.48. The average Bonchev–Trinajstić information content (AvgIpc) is 2.50. The summed E-state index contributed by atoms with van der Waals surface area (Å²) in [5, 5.41) is 0. The molecule has 0 aliphatic carbocycles. The van der Waals surface area contributed by atoms with Gasteiger partial charge in [-0.1, -0.05) is 12.1 Å². The van der Waals surface area contributed by atoms with Crippen molar-refractivity contribution >= 4 is 0 Å². The molecular formula is C15H23FN2O2. The lowest BCUT2D eigenvalue weighted by atomic mass is 9.97. The molecule has 3 N–H and O–H groups in total. The van der Waals surface area contributed by atoms with Gasteiger partial charge in [0.1, 0.15) is 0 Å². The summed E-state index contributed by atoms with van der Waals surface area (Å²) in [6.07, 6.45) is 5.32. The smallest absolute Gasteiger partial charge is 0.169 e. The molecule has 1 aliphatic heterocycles. The highest BCUT2D eigenvalue weighted by atomic mass is 19.1. The Kier molecular flexibility index (Phi) is 5.76. The van der Waals surface area contributed by atoms with Gasteiger partial charge in [0.15, 0.2) is 11.6 Å². The Morgan fingerprint density at radius 2 is 2.35 bits per heavy atom. The van der Waals surface area contributed by atoms with Gasteiger partial charge in [0.25, 0.3) is 0 Å². The molecule has 0 amide bonds. The van der Waals surface area contributed by atoms with Gasteiger partial charge in [0, 0.05) is 18.2 Å². The molecule has 2 rings (SSSR count). The normalized spacial score (nSPS) is 20.6. The van der Waals surface area contributed by atoms with E-state index in [1.807, 2.05) is 0 Å². The first-order chi connectivity index (χ1) is 9.76. The summed E-state index contributed by atoms with van der Waals surface area (Å²) in [6.45, 7) is 0.832. The quantitative estimate of drug-likeness (QED) is 0.622. The minimum absolute atomic E-state index is 0.226. The van der Waals surface area contributed by atoms with Crippen LogP contribution in [0.15, 0.2) is 18.2 Å². The molecule has 1 saturated heterocycles. The van der Waals surface area contributed by atoms with Gasteiger partial charge >= 0.3 is 0 Å². The van der Waals surface area contributed by atoms with E-state index in [0.29, 0.717) is 5.56 Å². The number of rotatable bonds is 6. The summed E-state index contributed by atoms with van der Waals surface area (Å²) >= 11 is 0. The lowest BCUT2D eigenvalue weighted by Crippen LogP contribution is -2.30. The largest absolute Gasteiger partial charge is 0.494 e. The Labute approximate surface area is 119 Å². The first-order valence-electron chi connectivity index (χ1n) is 7.16. The van der Waals surface area contributed by atoms with E-state index in [1.165, 1.54) is 13.5 Å². The SMILES string of the molecule is COc1cccc(C(CCC2CCCCO2)NN)c1F. The van der Waals surface area contributed by atoms with Crippen molar-refractivity contribution in [1.82, 2.24) is 5.43 Å². The van der Waals surface area contributed by atoms with E-state index in [9.17, 15) is 4.39 Å². The van der Waals surface area contributed by atoms with E-state index in [4.69, 9.17) is 15.3 Å². The van der Waals surface area contributed by atoms with Crippen LogP contribution in [0.4, 0.5) is 4.39 Å². The summed E-state index contributed by atoms with van der Waals surface area (Å²) in [6, 6.07) is 4.90. The molecule has 4 nitrogen and oxygen atoms in total. The molecule has 0 spiro atoms. The Bertz CT molecular complexity index is 422. The van der Waals surface area contributed by atoms with Crippen LogP contribution >= 0.6 is 0 Å². The van der Waals surface area contributed by atoms with Crippen molar-refractivity contribution in [2.75, 3.05) is 13.7 Å². The number of halogens is 1. The van der Waals surface area contributed by atoms with Crippen molar-refractivity contribution in [2.45, 2.75) is 44.2 Å². The van der Waals surface area contributed by atoms with Gasteiger partial charge in [-0.25, -0.2) is 4.39 Å². The van der Waals surface area contributed by atoms with Gasteiger partial charge in [0.2, 0.25) is 0 Å². The van der Waals surface area contributed by atoms with Gasteiger partial charge in [0.05, 0.1) is 13.2 Å². The maximum Gasteiger partial charge on any atom is 0.169 e. The maximum atomic E-state index is 14.2. The van der Waals surface area contributed by atoms with Crippen molar-refractivity contribution in [3.05, 3.63) is 29.6 Å². The third kappa shape index (κ3) is 3.69. The van der Waals surface area contributed by atoms with Crippen LogP contribution in [0.5, 0.6) is 5.75 Å². The topological polar surface area (TPSA) is 56.5 Å². The Balaban J connectivity index is 2.00. The molecule has 0 saturated carbocycles. The van der Waals surface area contributed by atoms with E-state index in [1.54, 1.807) is 18.2 Å². The number of methoxy groups -OCH3 is 1. The molecule has 0 radical (unpaired) electrons. The highest BCUT2D eigenvalue weighted by Crippen LogP contribution is 2.28. The van der Waals surface area contributed by atoms with E-state index in [-0.39, 0.29) is 23.7 Å². The van der Waals surface area contributed by atoms with Crippen LogP contribution in [-0.2, 0) is 4.74 Å². The summed E-state index contributed by atoms with van der Waals surface area (Å²) in [4.78, 5) is 0. The van der Waals surface area contributed by atoms with E-state index in [0.717, 1.165) is 32.3 Å². The highest BCUT2D eigenvalue weighted by Gasteiger charge is 2.20. The van der Waals surface area contributed by atoms with Crippen molar-refractivity contribution in [3.8, 4) is 5.75 Å². The third-order valence-corrected chi connectivity index (χ3v) is 3.84. The molecule has 0 aromatic heterocycles. The van der Waals surface area contributed by atoms with Crippen LogP contribution in [0, 0.1) is 5.82 Å². The fourth-order valence-electron chi connectivity index (χ4n) is 2.67. The van der Waals surface area contributed by atoms with Gasteiger partial charge in [-0.2, -0.15) is 0 Å². The van der Waals surface area contributed by atoms with E-state index < -0.39 is 0 Å². The Hall–Kier alpha value is -1.17. The standard InChI is InChI=1S/C15H23FN2O2/c1-19-14-7-4-6-12(15(14)16)13(18-17)9-8-11-5-2-3-10-20-11/h4,6-7,11,13,18H,2-3,5,8-10,17H2,1H3. The zero-order chi connectivity index (χ0) is 14.4. The fraction of sp³-hybridized carbons (Fsp3) is 0.600. The number of benzene rings is 1. The molecule has 20 heavy (non-hydrogen) atoms. The molecule has 2 atom stereocenters. The Morgan fingerprint density at radius 1 is 1.50 bits per heavy atom. The predicted molar refractivity (Wildman–Crippen MR) is 75.8 cm³/mol. The van der Waals surface area contributed by atoms with Crippen molar-refractivity contribution < 1.29 is 13.9 Å². The first-order valence-corrected chi connectivity index (χ1v) is 7.16. The monoisotopic (exact) mass is 282 g/mol. The van der Waals surface area contributed by atoms with Gasteiger partial charge in [-0.3, -0.25) is 11.3 Å². The molecule has 112 valence electrons. The van der Waals surface area contributed by atoms with Crippen LogP contribution < -0.4 is 16.0 Å². The van der Waals surface area contributed by atoms with Gasteiger partial charge in [-0.15, -0.1) is 0 Å². The molecule has 1 aromatic carbocycles. The summed E-state index contributed by atoms with van der Waals surface area (Å²) < 4.78 is 24.9. The van der Waals surface area contributed by atoms with Crippen LogP contribution in [0.2, 0.25) is 0 Å². The maximum absolute atomic E-state index is 14.2. The van der Waals surface area contributed by atoms with Gasteiger partial charge < -0.3 is 9.47 Å². The molecule has 0 bridgehead atoms. The zero-order valence-corrected chi connectivity index (χ0v) is 11.9. The number of nitrogens with one attached hydrogen (secondary N) is 1. The second-order valence-electron chi connectivity index (χ2n) is 5.15. The molecule has 2 unspecified atom stereocenters. The molecule has 1 aliphatic rings. The minimum Gasteiger partial charge on any atom is -0.494 e.